The molecule has 0 bridgehead atoms. The summed E-state index contributed by atoms with van der Waals surface area (Å²) in [4.78, 5) is 31.9. The molecule has 24 heavy (non-hydrogen) atoms. The smallest absolute Gasteiger partial charge is 0.258 e. The van der Waals surface area contributed by atoms with Gasteiger partial charge in [-0.1, -0.05) is 0 Å². The minimum atomic E-state index is -1.55. The Bertz CT molecular complexity index is 586. The topological polar surface area (TPSA) is 85.8 Å². The molecule has 1 aliphatic heterocycles. The van der Waals surface area contributed by atoms with Crippen molar-refractivity contribution in [3.63, 3.8) is 0 Å². The van der Waals surface area contributed by atoms with Crippen molar-refractivity contribution in [2.24, 2.45) is 0 Å². The van der Waals surface area contributed by atoms with Gasteiger partial charge in [0, 0.05) is 26.6 Å². The summed E-state index contributed by atoms with van der Waals surface area (Å²) in [6.45, 7) is 7.87. The largest absolute Gasteiger partial charge is 0.378 e. The Morgan fingerprint density at radius 3 is 2.62 bits per heavy atom. The zero-order valence-electron chi connectivity index (χ0n) is 14.6. The summed E-state index contributed by atoms with van der Waals surface area (Å²) in [6, 6.07) is 3.61. The third kappa shape index (κ3) is 4.03. The average molecular weight is 334 g/mol. The number of carbonyl (C=O) groups excluding carboxylic acids is 2. The van der Waals surface area contributed by atoms with Crippen LogP contribution in [0.5, 0.6) is 0 Å². The number of aliphatic hydroxyl groups is 1. The molecule has 7 nitrogen and oxygen atoms in total. The van der Waals surface area contributed by atoms with Gasteiger partial charge < -0.3 is 20.2 Å². The molecule has 7 heteroatoms. The maximum atomic E-state index is 12.5. The lowest BCUT2D eigenvalue weighted by molar-refractivity contribution is -0.146. The lowest BCUT2D eigenvalue weighted by atomic mass is 9.91. The van der Waals surface area contributed by atoms with Gasteiger partial charge >= 0.3 is 0 Å². The summed E-state index contributed by atoms with van der Waals surface area (Å²) in [5.74, 6) is 0.217. The third-order valence-corrected chi connectivity index (χ3v) is 4.43. The van der Waals surface area contributed by atoms with Crippen molar-refractivity contribution >= 4 is 23.3 Å². The molecule has 1 fully saturated rings. The van der Waals surface area contributed by atoms with Crippen LogP contribution in [0.15, 0.2) is 18.3 Å². The molecule has 2 rings (SSSR count). The van der Waals surface area contributed by atoms with Crippen molar-refractivity contribution in [2.75, 3.05) is 36.4 Å². The molecule has 2 amide bonds. The number of pyridine rings is 1. The Kier molecular flexibility index (Phi) is 5.77. The van der Waals surface area contributed by atoms with E-state index in [0.29, 0.717) is 25.1 Å². The van der Waals surface area contributed by atoms with Crippen LogP contribution in [0.1, 0.15) is 33.6 Å². The van der Waals surface area contributed by atoms with E-state index in [-0.39, 0.29) is 12.5 Å². The highest BCUT2D eigenvalue weighted by atomic mass is 16.3. The van der Waals surface area contributed by atoms with Crippen molar-refractivity contribution in [1.29, 1.82) is 0 Å². The molecule has 1 aromatic heterocycles. The second kappa shape index (κ2) is 7.61. The fourth-order valence-corrected chi connectivity index (χ4v) is 2.93. The summed E-state index contributed by atoms with van der Waals surface area (Å²) in [5.41, 5.74) is -1.02. The van der Waals surface area contributed by atoms with E-state index < -0.39 is 11.5 Å². The van der Waals surface area contributed by atoms with Gasteiger partial charge in [0.05, 0.1) is 18.4 Å². The van der Waals surface area contributed by atoms with Crippen molar-refractivity contribution in [1.82, 2.24) is 9.88 Å². The predicted octanol–water partition coefficient (Wildman–Crippen LogP) is 1.24. The Balaban J connectivity index is 2.04. The molecule has 0 aliphatic carbocycles. The summed E-state index contributed by atoms with van der Waals surface area (Å²) in [6.07, 6.45) is 2.52. The number of hydrogen-bond acceptors (Lipinski definition) is 5. The van der Waals surface area contributed by atoms with Crippen LogP contribution in [0.2, 0.25) is 0 Å². The summed E-state index contributed by atoms with van der Waals surface area (Å²) in [7, 11) is 0. The van der Waals surface area contributed by atoms with Crippen molar-refractivity contribution in [3.8, 4) is 0 Å². The van der Waals surface area contributed by atoms with Crippen LogP contribution >= 0.6 is 0 Å². The molecule has 0 spiro atoms. The number of β-amino-alcohol motifs (C(OH)–C–C–N with tert-alkyl or cyclic N) is 1. The molecule has 1 aromatic rings. The van der Waals surface area contributed by atoms with Gasteiger partial charge in [-0.3, -0.25) is 9.59 Å². The monoisotopic (exact) mass is 334 g/mol. The zero-order valence-corrected chi connectivity index (χ0v) is 14.6. The molecule has 2 N–H and O–H groups in total. The molecule has 0 saturated carbocycles. The maximum absolute atomic E-state index is 12.5. The SMILES string of the molecule is CCN(CC)c1ccc(NC(=O)[C@]2(O)CCCN(C(C)=O)C2)cn1. The fraction of sp³-hybridized carbons (Fsp3) is 0.588. The Labute approximate surface area is 142 Å². The van der Waals surface area contributed by atoms with Crippen LogP contribution < -0.4 is 10.2 Å². The maximum Gasteiger partial charge on any atom is 0.258 e. The number of piperidine rings is 1. The second-order valence-corrected chi connectivity index (χ2v) is 6.11. The number of nitrogens with zero attached hydrogens (tertiary/aromatic N) is 3. The van der Waals surface area contributed by atoms with E-state index in [4.69, 9.17) is 0 Å². The number of likely N-dealkylation sites (tertiary alicyclic amines) is 1. The highest BCUT2D eigenvalue weighted by Gasteiger charge is 2.41. The van der Waals surface area contributed by atoms with Gasteiger partial charge in [0.2, 0.25) is 5.91 Å². The molecule has 0 unspecified atom stereocenters. The molecule has 0 radical (unpaired) electrons. The van der Waals surface area contributed by atoms with Crippen molar-refractivity contribution in [2.45, 2.75) is 39.2 Å². The first kappa shape index (κ1) is 18.2. The summed E-state index contributed by atoms with van der Waals surface area (Å²) in [5, 5.41) is 13.3. The number of amides is 2. The van der Waals surface area contributed by atoms with E-state index >= 15 is 0 Å². The molecule has 2 heterocycles. The molecule has 0 aromatic carbocycles. The molecule has 1 atom stereocenters. The van der Waals surface area contributed by atoms with E-state index in [0.717, 1.165) is 18.9 Å². The van der Waals surface area contributed by atoms with Crippen LogP contribution in [0.25, 0.3) is 0 Å². The van der Waals surface area contributed by atoms with Crippen LogP contribution in [0, 0.1) is 0 Å². The number of anilines is 2. The van der Waals surface area contributed by atoms with E-state index in [2.05, 4.69) is 29.0 Å². The second-order valence-electron chi connectivity index (χ2n) is 6.11. The quantitative estimate of drug-likeness (QED) is 0.846. The van der Waals surface area contributed by atoms with E-state index in [1.807, 2.05) is 6.07 Å². The number of hydrogen-bond donors (Lipinski definition) is 2. The first-order valence-corrected chi connectivity index (χ1v) is 8.40. The molecular weight excluding hydrogens is 308 g/mol. The first-order chi connectivity index (χ1) is 11.4. The Morgan fingerprint density at radius 2 is 2.08 bits per heavy atom. The minimum absolute atomic E-state index is 0.0269. The molecular formula is C17H26N4O3. The van der Waals surface area contributed by atoms with E-state index in [9.17, 15) is 14.7 Å². The normalized spacial score (nSPS) is 20.6. The highest BCUT2D eigenvalue weighted by Crippen LogP contribution is 2.23. The standard InChI is InChI=1S/C17H26N4O3/c1-4-20(5-2)15-8-7-14(11-18-15)19-16(23)17(24)9-6-10-21(12-17)13(3)22/h7-8,11,24H,4-6,9-10,12H2,1-3H3,(H,19,23)/t17-/m0/s1. The van der Waals surface area contributed by atoms with Gasteiger partial charge in [0.1, 0.15) is 5.82 Å². The lowest BCUT2D eigenvalue weighted by Crippen LogP contribution is -2.56. The number of nitrogens with one attached hydrogen (secondary N) is 1. The summed E-state index contributed by atoms with van der Waals surface area (Å²) >= 11 is 0. The van der Waals surface area contributed by atoms with Gasteiger partial charge in [0.25, 0.3) is 5.91 Å². The van der Waals surface area contributed by atoms with Crippen molar-refractivity contribution < 1.29 is 14.7 Å². The first-order valence-electron chi connectivity index (χ1n) is 8.40. The van der Waals surface area contributed by atoms with Crippen molar-refractivity contribution in [3.05, 3.63) is 18.3 Å². The molecule has 1 aliphatic rings. The van der Waals surface area contributed by atoms with Gasteiger partial charge in [-0.25, -0.2) is 4.98 Å². The average Bonchev–Trinajstić information content (AvgIpc) is 2.57. The minimum Gasteiger partial charge on any atom is -0.378 e. The van der Waals surface area contributed by atoms with E-state index in [1.165, 1.54) is 11.8 Å². The Hall–Kier alpha value is -2.15. The van der Waals surface area contributed by atoms with Gasteiger partial charge in [-0.05, 0) is 38.8 Å². The van der Waals surface area contributed by atoms with Gasteiger partial charge in [0.15, 0.2) is 5.60 Å². The number of carbonyl (C=O) groups is 2. The van der Waals surface area contributed by atoms with Crippen LogP contribution in [0.3, 0.4) is 0 Å². The zero-order chi connectivity index (χ0) is 17.7. The van der Waals surface area contributed by atoms with Crippen LogP contribution in [0.4, 0.5) is 11.5 Å². The van der Waals surface area contributed by atoms with Crippen LogP contribution in [-0.4, -0.2) is 58.6 Å². The van der Waals surface area contributed by atoms with Gasteiger partial charge in [-0.15, -0.1) is 0 Å². The third-order valence-electron chi connectivity index (χ3n) is 4.43. The molecule has 132 valence electrons. The highest BCUT2D eigenvalue weighted by molar-refractivity contribution is 5.97. The number of rotatable bonds is 5. The van der Waals surface area contributed by atoms with E-state index in [1.54, 1.807) is 12.3 Å². The molecule has 1 saturated heterocycles. The lowest BCUT2D eigenvalue weighted by Gasteiger charge is -2.37. The Morgan fingerprint density at radius 1 is 1.38 bits per heavy atom. The summed E-state index contributed by atoms with van der Waals surface area (Å²) < 4.78 is 0. The van der Waals surface area contributed by atoms with Gasteiger partial charge in [-0.2, -0.15) is 0 Å². The predicted molar refractivity (Wildman–Crippen MR) is 92.9 cm³/mol. The van der Waals surface area contributed by atoms with Crippen LogP contribution in [-0.2, 0) is 9.59 Å². The fourth-order valence-electron chi connectivity index (χ4n) is 2.93. The number of aromatic nitrogens is 1.